The fraction of sp³-hybridized carbons (Fsp3) is 0.600. The Morgan fingerprint density at radius 3 is 3.12 bits per heavy atom. The van der Waals surface area contributed by atoms with Gasteiger partial charge in [0.15, 0.2) is 12.1 Å². The molecule has 0 radical (unpaired) electrons. The molecular formula is C10H16ClN3O2. The van der Waals surface area contributed by atoms with Crippen molar-refractivity contribution in [1.82, 2.24) is 15.6 Å². The summed E-state index contributed by atoms with van der Waals surface area (Å²) in [6.07, 6.45) is 2.42. The van der Waals surface area contributed by atoms with Gasteiger partial charge in [-0.15, -0.1) is 12.4 Å². The summed E-state index contributed by atoms with van der Waals surface area (Å²) in [7, 11) is 0. The zero-order chi connectivity index (χ0) is 10.7. The molecule has 90 valence electrons. The standard InChI is InChI=1S/C10H15N3O2.ClH/c1-7-9(13-6-15-7)10(14)12-5-8-2-3-11-4-8;/h6,8,11H,2-5H2,1H3,(H,12,14);1H. The van der Waals surface area contributed by atoms with E-state index in [1.54, 1.807) is 6.92 Å². The van der Waals surface area contributed by atoms with E-state index in [0.29, 0.717) is 23.9 Å². The van der Waals surface area contributed by atoms with Gasteiger partial charge in [0.1, 0.15) is 5.76 Å². The SMILES string of the molecule is Cc1ocnc1C(=O)NCC1CCNC1.Cl. The minimum absolute atomic E-state index is 0. The van der Waals surface area contributed by atoms with E-state index in [9.17, 15) is 4.79 Å². The van der Waals surface area contributed by atoms with Crippen molar-refractivity contribution < 1.29 is 9.21 Å². The summed E-state index contributed by atoms with van der Waals surface area (Å²) in [4.78, 5) is 15.5. The fourth-order valence-corrected chi connectivity index (χ4v) is 1.73. The summed E-state index contributed by atoms with van der Waals surface area (Å²) in [5.74, 6) is 0.964. The molecule has 6 heteroatoms. The van der Waals surface area contributed by atoms with Crippen molar-refractivity contribution in [1.29, 1.82) is 0 Å². The van der Waals surface area contributed by atoms with E-state index in [1.165, 1.54) is 6.39 Å². The first-order valence-corrected chi connectivity index (χ1v) is 5.16. The first-order chi connectivity index (χ1) is 7.27. The van der Waals surface area contributed by atoms with E-state index in [2.05, 4.69) is 15.6 Å². The van der Waals surface area contributed by atoms with Crippen molar-refractivity contribution in [2.45, 2.75) is 13.3 Å². The molecule has 1 aliphatic rings. The minimum atomic E-state index is -0.145. The smallest absolute Gasteiger partial charge is 0.273 e. The van der Waals surface area contributed by atoms with Crippen LogP contribution >= 0.6 is 12.4 Å². The van der Waals surface area contributed by atoms with Gasteiger partial charge < -0.3 is 15.1 Å². The lowest BCUT2D eigenvalue weighted by atomic mass is 10.1. The van der Waals surface area contributed by atoms with Crippen LogP contribution < -0.4 is 10.6 Å². The second-order valence-corrected chi connectivity index (χ2v) is 3.83. The van der Waals surface area contributed by atoms with Crippen molar-refractivity contribution in [3.8, 4) is 0 Å². The lowest BCUT2D eigenvalue weighted by molar-refractivity contribution is 0.0942. The van der Waals surface area contributed by atoms with Crippen molar-refractivity contribution in [3.05, 3.63) is 17.8 Å². The zero-order valence-electron chi connectivity index (χ0n) is 9.16. The molecule has 1 fully saturated rings. The predicted octanol–water partition coefficient (Wildman–Crippen LogP) is 0.744. The number of carbonyl (C=O) groups is 1. The van der Waals surface area contributed by atoms with Gasteiger partial charge in [0, 0.05) is 6.54 Å². The third-order valence-corrected chi connectivity index (χ3v) is 2.67. The van der Waals surface area contributed by atoms with Gasteiger partial charge in [0.25, 0.3) is 5.91 Å². The summed E-state index contributed by atoms with van der Waals surface area (Å²) in [6, 6.07) is 0. The molecule has 1 aromatic rings. The highest BCUT2D eigenvalue weighted by molar-refractivity contribution is 5.93. The molecule has 1 atom stereocenters. The number of halogens is 1. The summed E-state index contributed by atoms with van der Waals surface area (Å²) in [6.45, 7) is 4.47. The number of oxazole rings is 1. The minimum Gasteiger partial charge on any atom is -0.448 e. The molecule has 0 spiro atoms. The maximum Gasteiger partial charge on any atom is 0.273 e. The van der Waals surface area contributed by atoms with E-state index in [-0.39, 0.29) is 18.3 Å². The molecule has 5 nitrogen and oxygen atoms in total. The first-order valence-electron chi connectivity index (χ1n) is 5.16. The highest BCUT2D eigenvalue weighted by atomic mass is 35.5. The first kappa shape index (κ1) is 13.0. The summed E-state index contributed by atoms with van der Waals surface area (Å²) in [5.41, 5.74) is 0.390. The quantitative estimate of drug-likeness (QED) is 0.825. The monoisotopic (exact) mass is 245 g/mol. The zero-order valence-corrected chi connectivity index (χ0v) is 9.97. The second kappa shape index (κ2) is 5.86. The van der Waals surface area contributed by atoms with Crippen LogP contribution in [-0.4, -0.2) is 30.5 Å². The Morgan fingerprint density at radius 2 is 2.56 bits per heavy atom. The maximum atomic E-state index is 11.6. The average Bonchev–Trinajstić information content (AvgIpc) is 2.84. The third kappa shape index (κ3) is 2.96. The predicted molar refractivity (Wildman–Crippen MR) is 61.8 cm³/mol. The van der Waals surface area contributed by atoms with Gasteiger partial charge in [-0.05, 0) is 32.4 Å². The number of aryl methyl sites for hydroxylation is 1. The van der Waals surface area contributed by atoms with Gasteiger partial charge in [0.2, 0.25) is 0 Å². The van der Waals surface area contributed by atoms with Crippen molar-refractivity contribution >= 4 is 18.3 Å². The van der Waals surface area contributed by atoms with Gasteiger partial charge >= 0.3 is 0 Å². The number of hydrogen-bond acceptors (Lipinski definition) is 4. The van der Waals surface area contributed by atoms with E-state index < -0.39 is 0 Å². The Bertz CT molecular complexity index is 348. The molecule has 1 amide bonds. The van der Waals surface area contributed by atoms with Gasteiger partial charge in [0.05, 0.1) is 0 Å². The molecule has 0 aliphatic carbocycles. The maximum absolute atomic E-state index is 11.6. The Balaban J connectivity index is 0.00000128. The number of carbonyl (C=O) groups excluding carboxylic acids is 1. The lowest BCUT2D eigenvalue weighted by Gasteiger charge is -2.08. The molecule has 0 bridgehead atoms. The van der Waals surface area contributed by atoms with Crippen molar-refractivity contribution in [2.75, 3.05) is 19.6 Å². The Labute approximate surface area is 100 Å². The highest BCUT2D eigenvalue weighted by Gasteiger charge is 2.17. The van der Waals surface area contributed by atoms with E-state index in [1.807, 2.05) is 0 Å². The lowest BCUT2D eigenvalue weighted by Crippen LogP contribution is -2.30. The van der Waals surface area contributed by atoms with Gasteiger partial charge in [-0.25, -0.2) is 4.98 Å². The van der Waals surface area contributed by atoms with Gasteiger partial charge in [-0.1, -0.05) is 0 Å². The summed E-state index contributed by atoms with van der Waals surface area (Å²) in [5, 5.41) is 6.12. The molecule has 2 rings (SSSR count). The number of hydrogen-bond donors (Lipinski definition) is 2. The van der Waals surface area contributed by atoms with Crippen LogP contribution in [0.1, 0.15) is 22.7 Å². The van der Waals surface area contributed by atoms with Crippen LogP contribution in [0.4, 0.5) is 0 Å². The number of nitrogens with one attached hydrogen (secondary N) is 2. The van der Waals surface area contributed by atoms with Crippen LogP contribution in [0.5, 0.6) is 0 Å². The van der Waals surface area contributed by atoms with Crippen LogP contribution in [0.15, 0.2) is 10.8 Å². The van der Waals surface area contributed by atoms with Crippen molar-refractivity contribution in [2.24, 2.45) is 5.92 Å². The van der Waals surface area contributed by atoms with Gasteiger partial charge in [-0.3, -0.25) is 4.79 Å². The van der Waals surface area contributed by atoms with Crippen LogP contribution in [-0.2, 0) is 0 Å². The van der Waals surface area contributed by atoms with E-state index in [4.69, 9.17) is 4.42 Å². The normalized spacial score (nSPS) is 19.2. The van der Waals surface area contributed by atoms with Crippen LogP contribution in [0.2, 0.25) is 0 Å². The van der Waals surface area contributed by atoms with Crippen LogP contribution in [0.25, 0.3) is 0 Å². The summed E-state index contributed by atoms with van der Waals surface area (Å²) >= 11 is 0. The number of nitrogens with zero attached hydrogens (tertiary/aromatic N) is 1. The number of rotatable bonds is 3. The molecule has 0 saturated carbocycles. The highest BCUT2D eigenvalue weighted by Crippen LogP contribution is 2.07. The van der Waals surface area contributed by atoms with Gasteiger partial charge in [-0.2, -0.15) is 0 Å². The molecule has 1 saturated heterocycles. The molecule has 0 aromatic carbocycles. The Hall–Kier alpha value is -1.07. The molecule has 1 aromatic heterocycles. The van der Waals surface area contributed by atoms with E-state index >= 15 is 0 Å². The molecule has 2 N–H and O–H groups in total. The number of aromatic nitrogens is 1. The molecule has 1 aliphatic heterocycles. The largest absolute Gasteiger partial charge is 0.448 e. The topological polar surface area (TPSA) is 67.2 Å². The fourth-order valence-electron chi connectivity index (χ4n) is 1.73. The molecule has 16 heavy (non-hydrogen) atoms. The second-order valence-electron chi connectivity index (χ2n) is 3.83. The molecule has 1 unspecified atom stereocenters. The third-order valence-electron chi connectivity index (χ3n) is 2.67. The average molecular weight is 246 g/mol. The van der Waals surface area contributed by atoms with Crippen LogP contribution in [0, 0.1) is 12.8 Å². The molecular weight excluding hydrogens is 230 g/mol. The van der Waals surface area contributed by atoms with E-state index in [0.717, 1.165) is 19.5 Å². The van der Waals surface area contributed by atoms with Crippen molar-refractivity contribution in [3.63, 3.8) is 0 Å². The number of amides is 1. The van der Waals surface area contributed by atoms with Crippen LogP contribution in [0.3, 0.4) is 0 Å². The Morgan fingerprint density at radius 1 is 1.75 bits per heavy atom. The Kier molecular flexibility index (Phi) is 4.76. The summed E-state index contributed by atoms with van der Waals surface area (Å²) < 4.78 is 4.97. The molecule has 2 heterocycles.